The minimum Gasteiger partial charge on any atom is -0.338 e. The van der Waals surface area contributed by atoms with Crippen LogP contribution in [0.25, 0.3) is 22.4 Å². The van der Waals surface area contributed by atoms with E-state index in [1.807, 2.05) is 24.9 Å². The summed E-state index contributed by atoms with van der Waals surface area (Å²) >= 11 is 1.73. The van der Waals surface area contributed by atoms with Gasteiger partial charge in [0.15, 0.2) is 0 Å². The van der Waals surface area contributed by atoms with Crippen molar-refractivity contribution in [1.29, 1.82) is 0 Å². The molecule has 0 saturated carbocycles. The number of nitrogens with zero attached hydrogens (tertiary/aromatic N) is 3. The van der Waals surface area contributed by atoms with Crippen LogP contribution in [0.3, 0.4) is 0 Å². The molecule has 7 heteroatoms. The van der Waals surface area contributed by atoms with E-state index in [0.717, 1.165) is 49.1 Å². The second kappa shape index (κ2) is 7.64. The number of nitrogens with one attached hydrogen (secondary N) is 1. The van der Waals surface area contributed by atoms with Crippen LogP contribution < -0.4 is 5.32 Å². The number of pyridine rings is 1. The fourth-order valence-corrected chi connectivity index (χ4v) is 5.09. The molecule has 4 rings (SSSR count). The molecule has 1 amide bonds. The van der Waals surface area contributed by atoms with Gasteiger partial charge in [0.05, 0.1) is 22.3 Å². The fourth-order valence-electron chi connectivity index (χ4n) is 4.16. The molecule has 3 aromatic rings. The van der Waals surface area contributed by atoms with Gasteiger partial charge in [-0.3, -0.25) is 4.79 Å². The third kappa shape index (κ3) is 3.44. The lowest BCUT2D eigenvalue weighted by atomic mass is 9.96. The summed E-state index contributed by atoms with van der Waals surface area (Å²) < 4.78 is 5.46. The van der Waals surface area contributed by atoms with Gasteiger partial charge in [-0.25, -0.2) is 4.98 Å². The van der Waals surface area contributed by atoms with Gasteiger partial charge in [0.2, 0.25) is 0 Å². The summed E-state index contributed by atoms with van der Waals surface area (Å²) in [5.41, 5.74) is 3.62. The number of aromatic nitrogens is 2. The highest BCUT2D eigenvalue weighted by molar-refractivity contribution is 7.12. The van der Waals surface area contributed by atoms with Crippen molar-refractivity contribution in [3.63, 3.8) is 0 Å². The minimum atomic E-state index is 0.0466. The molecule has 1 aliphatic heterocycles. The number of thiophene rings is 1. The smallest absolute Gasteiger partial charge is 0.259 e. The number of fused-ring (bicyclic) bond motifs is 1. The number of rotatable bonds is 4. The summed E-state index contributed by atoms with van der Waals surface area (Å²) in [6, 6.07) is 4.04. The lowest BCUT2D eigenvalue weighted by Crippen LogP contribution is -2.42. The van der Waals surface area contributed by atoms with Gasteiger partial charge in [-0.05, 0) is 65.3 Å². The number of hydrogen-bond acceptors (Lipinski definition) is 6. The van der Waals surface area contributed by atoms with Crippen molar-refractivity contribution in [1.82, 2.24) is 20.4 Å². The van der Waals surface area contributed by atoms with Crippen LogP contribution in [0, 0.1) is 26.7 Å². The van der Waals surface area contributed by atoms with Crippen molar-refractivity contribution in [2.24, 2.45) is 5.92 Å². The maximum atomic E-state index is 13.5. The van der Waals surface area contributed by atoms with Crippen LogP contribution in [0.5, 0.6) is 0 Å². The van der Waals surface area contributed by atoms with Crippen LogP contribution in [-0.2, 0) is 0 Å². The maximum absolute atomic E-state index is 13.5. The van der Waals surface area contributed by atoms with Crippen molar-refractivity contribution in [3.8, 4) is 11.3 Å². The average molecular weight is 399 g/mol. The molecular formula is C21H26N4O2S. The third-order valence-electron chi connectivity index (χ3n) is 5.46. The molecule has 1 atom stereocenters. The standard InChI is InChI=1S/C21H26N4O2S/c1-12-8-16(14(3)28-12)18-9-17(19-13(2)24-27-20(19)23-18)21(26)25-7-5-6-15(11-25)10-22-4/h8-9,15,22H,5-7,10-11H2,1-4H3. The van der Waals surface area contributed by atoms with Gasteiger partial charge in [-0.15, -0.1) is 11.3 Å². The Hall–Kier alpha value is -2.25. The lowest BCUT2D eigenvalue weighted by Gasteiger charge is -2.33. The molecule has 0 spiro atoms. The molecule has 0 bridgehead atoms. The van der Waals surface area contributed by atoms with E-state index in [1.165, 1.54) is 9.75 Å². The first-order valence-electron chi connectivity index (χ1n) is 9.76. The predicted octanol–water partition coefficient (Wildman–Crippen LogP) is 3.95. The highest BCUT2D eigenvalue weighted by Gasteiger charge is 2.28. The number of piperidine rings is 1. The first-order valence-corrected chi connectivity index (χ1v) is 10.6. The number of aryl methyl sites for hydroxylation is 3. The molecule has 1 fully saturated rings. The largest absolute Gasteiger partial charge is 0.338 e. The Kier molecular flexibility index (Phi) is 5.21. The summed E-state index contributed by atoms with van der Waals surface area (Å²) in [5, 5.41) is 8.04. The molecule has 3 aromatic heterocycles. The minimum absolute atomic E-state index is 0.0466. The Morgan fingerprint density at radius 1 is 1.36 bits per heavy atom. The van der Waals surface area contributed by atoms with Crippen LogP contribution in [0.4, 0.5) is 0 Å². The van der Waals surface area contributed by atoms with Gasteiger partial charge in [-0.2, -0.15) is 0 Å². The van der Waals surface area contributed by atoms with E-state index in [2.05, 4.69) is 35.4 Å². The molecule has 1 unspecified atom stereocenters. The Labute approximate surface area is 168 Å². The van der Waals surface area contributed by atoms with E-state index < -0.39 is 0 Å². The van der Waals surface area contributed by atoms with Crippen molar-refractivity contribution in [2.75, 3.05) is 26.7 Å². The molecule has 1 saturated heterocycles. The Balaban J connectivity index is 1.77. The van der Waals surface area contributed by atoms with Gasteiger partial charge in [0, 0.05) is 28.4 Å². The number of likely N-dealkylation sites (tertiary alicyclic amines) is 1. The van der Waals surface area contributed by atoms with Gasteiger partial charge >= 0.3 is 0 Å². The molecule has 0 aromatic carbocycles. The van der Waals surface area contributed by atoms with Gasteiger partial charge < -0.3 is 14.7 Å². The normalized spacial score (nSPS) is 17.4. The molecule has 0 radical (unpaired) electrons. The van der Waals surface area contributed by atoms with Crippen molar-refractivity contribution < 1.29 is 9.32 Å². The van der Waals surface area contributed by atoms with Gasteiger partial charge in [-0.1, -0.05) is 5.16 Å². The highest BCUT2D eigenvalue weighted by Crippen LogP contribution is 2.33. The number of amides is 1. The molecule has 4 heterocycles. The number of hydrogen-bond donors (Lipinski definition) is 1. The van der Waals surface area contributed by atoms with E-state index in [4.69, 9.17) is 4.52 Å². The number of carbonyl (C=O) groups is 1. The maximum Gasteiger partial charge on any atom is 0.259 e. The molecule has 28 heavy (non-hydrogen) atoms. The molecule has 1 aliphatic rings. The Morgan fingerprint density at radius 3 is 2.89 bits per heavy atom. The van der Waals surface area contributed by atoms with E-state index in [0.29, 0.717) is 22.9 Å². The predicted molar refractivity (Wildman–Crippen MR) is 112 cm³/mol. The SMILES string of the molecule is CNCC1CCCN(C(=O)c2cc(-c3cc(C)sc3C)nc3onc(C)c23)C1. The van der Waals surface area contributed by atoms with Crippen molar-refractivity contribution in [2.45, 2.75) is 33.6 Å². The van der Waals surface area contributed by atoms with Crippen LogP contribution in [-0.4, -0.2) is 47.6 Å². The van der Waals surface area contributed by atoms with Crippen molar-refractivity contribution in [3.05, 3.63) is 33.1 Å². The quantitative estimate of drug-likeness (QED) is 0.721. The molecule has 0 aliphatic carbocycles. The summed E-state index contributed by atoms with van der Waals surface area (Å²) in [6.45, 7) is 8.53. The van der Waals surface area contributed by atoms with Crippen LogP contribution in [0.15, 0.2) is 16.7 Å². The number of carbonyl (C=O) groups excluding carboxylic acids is 1. The van der Waals surface area contributed by atoms with Crippen LogP contribution >= 0.6 is 11.3 Å². The first-order chi connectivity index (χ1) is 13.5. The monoisotopic (exact) mass is 398 g/mol. The third-order valence-corrected chi connectivity index (χ3v) is 6.43. The van der Waals surface area contributed by atoms with Gasteiger partial charge in [0.25, 0.3) is 11.6 Å². The Morgan fingerprint density at radius 2 is 2.18 bits per heavy atom. The zero-order chi connectivity index (χ0) is 19.8. The first kappa shape index (κ1) is 19.1. The molecule has 1 N–H and O–H groups in total. The Bertz CT molecular complexity index is 1020. The van der Waals surface area contributed by atoms with E-state index >= 15 is 0 Å². The zero-order valence-electron chi connectivity index (χ0n) is 16.8. The van der Waals surface area contributed by atoms with Gasteiger partial charge in [0.1, 0.15) is 0 Å². The van der Waals surface area contributed by atoms with E-state index in [-0.39, 0.29) is 5.91 Å². The second-order valence-corrected chi connectivity index (χ2v) is 9.11. The highest BCUT2D eigenvalue weighted by atomic mass is 32.1. The average Bonchev–Trinajstić information content (AvgIpc) is 3.22. The molecule has 6 nitrogen and oxygen atoms in total. The summed E-state index contributed by atoms with van der Waals surface area (Å²) in [5.74, 6) is 0.537. The topological polar surface area (TPSA) is 71.3 Å². The van der Waals surface area contributed by atoms with Crippen LogP contribution in [0.1, 0.15) is 38.6 Å². The fraction of sp³-hybridized carbons (Fsp3) is 0.476. The summed E-state index contributed by atoms with van der Waals surface area (Å²) in [6.07, 6.45) is 2.19. The van der Waals surface area contributed by atoms with Crippen LogP contribution in [0.2, 0.25) is 0 Å². The zero-order valence-corrected chi connectivity index (χ0v) is 17.7. The van der Waals surface area contributed by atoms with E-state index in [1.54, 1.807) is 11.3 Å². The second-order valence-electron chi connectivity index (χ2n) is 7.65. The van der Waals surface area contributed by atoms with Crippen molar-refractivity contribution >= 4 is 28.3 Å². The molecular weight excluding hydrogens is 372 g/mol. The molecule has 148 valence electrons. The lowest BCUT2D eigenvalue weighted by molar-refractivity contribution is 0.0676. The summed E-state index contributed by atoms with van der Waals surface area (Å²) in [7, 11) is 1.96. The summed E-state index contributed by atoms with van der Waals surface area (Å²) in [4.78, 5) is 22.6. The van der Waals surface area contributed by atoms with E-state index in [9.17, 15) is 4.79 Å².